The summed E-state index contributed by atoms with van der Waals surface area (Å²) in [5.41, 5.74) is 3.22. The minimum atomic E-state index is 0. The standard InChI is InChI=1S/C24H34N6O.HI/c1-4-25-24(28-21-11-14-30(15-12-21)18-23(31)29(2)3)27-17-19-8-7-9-20(16-19)22-10-5-6-13-26-22;/h5-10,13,16,21H,4,11-12,14-15,17-18H2,1-3H3,(H2,25,27,28);1H. The van der Waals surface area contributed by atoms with Gasteiger partial charge in [0.2, 0.25) is 5.91 Å². The molecule has 1 amide bonds. The maximum Gasteiger partial charge on any atom is 0.236 e. The highest BCUT2D eigenvalue weighted by Gasteiger charge is 2.22. The first-order chi connectivity index (χ1) is 15.0. The first kappa shape index (κ1) is 26.1. The quantitative estimate of drug-likeness (QED) is 0.315. The van der Waals surface area contributed by atoms with Crippen molar-refractivity contribution in [2.75, 3.05) is 40.3 Å². The number of amides is 1. The van der Waals surface area contributed by atoms with E-state index in [1.54, 1.807) is 4.90 Å². The molecule has 2 aromatic rings. The van der Waals surface area contributed by atoms with Crippen molar-refractivity contribution >= 4 is 35.8 Å². The maximum atomic E-state index is 11.9. The van der Waals surface area contributed by atoms with Crippen LogP contribution in [0.15, 0.2) is 53.7 Å². The third-order valence-corrected chi connectivity index (χ3v) is 5.44. The number of pyridine rings is 1. The van der Waals surface area contributed by atoms with Gasteiger partial charge in [0.05, 0.1) is 18.8 Å². The van der Waals surface area contributed by atoms with Gasteiger partial charge in [-0.1, -0.05) is 24.3 Å². The van der Waals surface area contributed by atoms with E-state index in [4.69, 9.17) is 4.99 Å². The number of likely N-dealkylation sites (tertiary alicyclic amines) is 1. The molecule has 1 aliphatic heterocycles. The SMILES string of the molecule is CCNC(=NCc1cccc(-c2ccccn2)c1)NC1CCN(CC(=O)N(C)C)CC1.I. The number of nitrogens with one attached hydrogen (secondary N) is 2. The van der Waals surface area contributed by atoms with E-state index < -0.39 is 0 Å². The molecule has 8 heteroatoms. The Morgan fingerprint density at radius 2 is 1.97 bits per heavy atom. The molecule has 1 saturated heterocycles. The number of rotatable bonds is 7. The molecule has 1 fully saturated rings. The van der Waals surface area contributed by atoms with Gasteiger partial charge in [0.1, 0.15) is 0 Å². The van der Waals surface area contributed by atoms with Crippen LogP contribution in [0.1, 0.15) is 25.3 Å². The van der Waals surface area contributed by atoms with Crippen LogP contribution >= 0.6 is 24.0 Å². The van der Waals surface area contributed by atoms with Gasteiger partial charge in [-0.05, 0) is 43.5 Å². The minimum Gasteiger partial charge on any atom is -0.357 e. The van der Waals surface area contributed by atoms with E-state index in [1.165, 1.54) is 0 Å². The summed E-state index contributed by atoms with van der Waals surface area (Å²) >= 11 is 0. The molecule has 174 valence electrons. The Balaban J connectivity index is 0.00000363. The lowest BCUT2D eigenvalue weighted by Gasteiger charge is -2.33. The molecule has 2 N–H and O–H groups in total. The van der Waals surface area contributed by atoms with Crippen LogP contribution in [0, 0.1) is 0 Å². The van der Waals surface area contributed by atoms with Gasteiger partial charge in [0, 0.05) is 51.5 Å². The molecule has 3 rings (SSSR count). The number of benzene rings is 1. The molecular weight excluding hydrogens is 515 g/mol. The zero-order chi connectivity index (χ0) is 22.1. The summed E-state index contributed by atoms with van der Waals surface area (Å²) < 4.78 is 0. The molecule has 0 bridgehead atoms. The van der Waals surface area contributed by atoms with E-state index in [0.717, 1.165) is 55.3 Å². The highest BCUT2D eigenvalue weighted by molar-refractivity contribution is 14.0. The molecule has 32 heavy (non-hydrogen) atoms. The van der Waals surface area contributed by atoms with Gasteiger partial charge in [-0.3, -0.25) is 14.7 Å². The van der Waals surface area contributed by atoms with Gasteiger partial charge < -0.3 is 15.5 Å². The summed E-state index contributed by atoms with van der Waals surface area (Å²) in [7, 11) is 3.61. The third kappa shape index (κ3) is 8.05. The second-order valence-corrected chi connectivity index (χ2v) is 8.09. The predicted molar refractivity (Wildman–Crippen MR) is 141 cm³/mol. The van der Waals surface area contributed by atoms with Crippen LogP contribution in [0.2, 0.25) is 0 Å². The van der Waals surface area contributed by atoms with Crippen LogP contribution in [0.4, 0.5) is 0 Å². The molecular formula is C24H35IN6O. The van der Waals surface area contributed by atoms with Crippen molar-refractivity contribution in [3.8, 4) is 11.3 Å². The summed E-state index contributed by atoms with van der Waals surface area (Å²) in [5, 5.41) is 6.93. The van der Waals surface area contributed by atoms with Crippen LogP contribution in [0.25, 0.3) is 11.3 Å². The number of aromatic nitrogens is 1. The summed E-state index contributed by atoms with van der Waals surface area (Å²) in [6, 6.07) is 14.7. The van der Waals surface area contributed by atoms with Crippen LogP contribution in [-0.2, 0) is 11.3 Å². The largest absolute Gasteiger partial charge is 0.357 e. The van der Waals surface area contributed by atoms with Gasteiger partial charge in [-0.2, -0.15) is 0 Å². The van der Waals surface area contributed by atoms with Crippen molar-refractivity contribution < 1.29 is 4.79 Å². The van der Waals surface area contributed by atoms with E-state index in [2.05, 4.69) is 51.7 Å². The number of hydrogen-bond donors (Lipinski definition) is 2. The van der Waals surface area contributed by atoms with E-state index in [9.17, 15) is 4.79 Å². The Kier molecular flexibility index (Phi) is 10.9. The summed E-state index contributed by atoms with van der Waals surface area (Å²) in [5.74, 6) is 1.00. The van der Waals surface area contributed by atoms with Gasteiger partial charge in [0.15, 0.2) is 5.96 Å². The zero-order valence-corrected chi connectivity index (χ0v) is 21.6. The average Bonchev–Trinajstić information content (AvgIpc) is 2.79. The summed E-state index contributed by atoms with van der Waals surface area (Å²) in [6.45, 7) is 5.84. The topological polar surface area (TPSA) is 72.9 Å². The fourth-order valence-corrected chi connectivity index (χ4v) is 3.61. The summed E-state index contributed by atoms with van der Waals surface area (Å²) in [6.07, 6.45) is 3.82. The van der Waals surface area contributed by atoms with Crippen molar-refractivity contribution in [2.45, 2.75) is 32.4 Å². The third-order valence-electron chi connectivity index (χ3n) is 5.44. The first-order valence-corrected chi connectivity index (χ1v) is 11.0. The monoisotopic (exact) mass is 550 g/mol. The average molecular weight is 550 g/mol. The lowest BCUT2D eigenvalue weighted by atomic mass is 10.1. The number of carbonyl (C=O) groups is 1. The Morgan fingerprint density at radius 1 is 1.19 bits per heavy atom. The number of carbonyl (C=O) groups excluding carboxylic acids is 1. The molecule has 0 saturated carbocycles. The predicted octanol–water partition coefficient (Wildman–Crippen LogP) is 2.97. The molecule has 7 nitrogen and oxygen atoms in total. The van der Waals surface area contributed by atoms with Gasteiger partial charge in [-0.15, -0.1) is 24.0 Å². The molecule has 2 heterocycles. The van der Waals surface area contributed by atoms with E-state index in [-0.39, 0.29) is 29.9 Å². The van der Waals surface area contributed by atoms with Crippen molar-refractivity contribution in [2.24, 2.45) is 4.99 Å². The Morgan fingerprint density at radius 3 is 2.62 bits per heavy atom. The lowest BCUT2D eigenvalue weighted by molar-refractivity contribution is -0.130. The number of guanidine groups is 1. The fraction of sp³-hybridized carbons (Fsp3) is 0.458. The molecule has 1 aromatic carbocycles. The molecule has 1 aromatic heterocycles. The van der Waals surface area contributed by atoms with Gasteiger partial charge >= 0.3 is 0 Å². The maximum absolute atomic E-state index is 11.9. The molecule has 0 aliphatic carbocycles. The Labute approximate surface area is 208 Å². The Bertz CT molecular complexity index is 866. The first-order valence-electron chi connectivity index (χ1n) is 11.0. The van der Waals surface area contributed by atoms with E-state index >= 15 is 0 Å². The van der Waals surface area contributed by atoms with Crippen molar-refractivity contribution in [1.82, 2.24) is 25.4 Å². The van der Waals surface area contributed by atoms with Crippen LogP contribution in [-0.4, -0.2) is 73.0 Å². The number of likely N-dealkylation sites (N-methyl/N-ethyl adjacent to an activating group) is 1. The fourth-order valence-electron chi connectivity index (χ4n) is 3.61. The smallest absolute Gasteiger partial charge is 0.236 e. The molecule has 0 spiro atoms. The van der Waals surface area contributed by atoms with Gasteiger partial charge in [-0.25, -0.2) is 4.99 Å². The van der Waals surface area contributed by atoms with Gasteiger partial charge in [0.25, 0.3) is 0 Å². The number of aliphatic imine (C=N–C) groups is 1. The van der Waals surface area contributed by atoms with Crippen molar-refractivity contribution in [3.63, 3.8) is 0 Å². The van der Waals surface area contributed by atoms with E-state index in [1.807, 2.05) is 38.5 Å². The molecule has 0 atom stereocenters. The van der Waals surface area contributed by atoms with Crippen LogP contribution < -0.4 is 10.6 Å². The second kappa shape index (κ2) is 13.4. The molecule has 0 radical (unpaired) electrons. The van der Waals surface area contributed by atoms with Crippen LogP contribution in [0.5, 0.6) is 0 Å². The molecule has 0 unspecified atom stereocenters. The van der Waals surface area contributed by atoms with Crippen molar-refractivity contribution in [3.05, 3.63) is 54.2 Å². The summed E-state index contributed by atoms with van der Waals surface area (Å²) in [4.78, 5) is 25.1. The number of halogens is 1. The van der Waals surface area contributed by atoms with E-state index in [0.29, 0.717) is 19.1 Å². The minimum absolute atomic E-state index is 0. The normalized spacial score (nSPS) is 15.0. The van der Waals surface area contributed by atoms with Crippen molar-refractivity contribution in [1.29, 1.82) is 0 Å². The zero-order valence-electron chi connectivity index (χ0n) is 19.3. The number of piperidine rings is 1. The Hall–Kier alpha value is -2.20. The highest BCUT2D eigenvalue weighted by atomic mass is 127. The lowest BCUT2D eigenvalue weighted by Crippen LogP contribution is -2.50. The number of nitrogens with zero attached hydrogens (tertiary/aromatic N) is 4. The number of hydrogen-bond acceptors (Lipinski definition) is 4. The molecule has 1 aliphatic rings. The van der Waals surface area contributed by atoms with Crippen LogP contribution in [0.3, 0.4) is 0 Å². The second-order valence-electron chi connectivity index (χ2n) is 8.09. The highest BCUT2D eigenvalue weighted by Crippen LogP contribution is 2.18.